The van der Waals surface area contributed by atoms with E-state index in [1.807, 2.05) is 0 Å². The van der Waals surface area contributed by atoms with Crippen LogP contribution in [0.15, 0.2) is 12.1 Å². The second kappa shape index (κ2) is 4.26. The quantitative estimate of drug-likeness (QED) is 0.670. The fourth-order valence-corrected chi connectivity index (χ4v) is 1.08. The average molecular weight is 202 g/mol. The summed E-state index contributed by atoms with van der Waals surface area (Å²) in [7, 11) is 1.31. The van der Waals surface area contributed by atoms with Crippen LogP contribution >= 0.6 is 0 Å². The molecule has 14 heavy (non-hydrogen) atoms. The van der Waals surface area contributed by atoms with Gasteiger partial charge in [0.25, 0.3) is 0 Å². The van der Waals surface area contributed by atoms with Crippen LogP contribution in [0.5, 0.6) is 11.5 Å². The van der Waals surface area contributed by atoms with Crippen molar-refractivity contribution < 1.29 is 24.4 Å². The molecule has 78 valence electrons. The summed E-state index contributed by atoms with van der Waals surface area (Å²) in [6, 6.07) is 1.97. The predicted octanol–water partition coefficient (Wildman–Crippen LogP) is 0.566. The maximum Gasteiger partial charge on any atom is 0.161 e. The molecule has 0 aliphatic rings. The number of phenols is 1. The summed E-state index contributed by atoms with van der Waals surface area (Å²) >= 11 is 0. The molecule has 0 fully saturated rings. The smallest absolute Gasteiger partial charge is 0.161 e. The highest BCUT2D eigenvalue weighted by Crippen LogP contribution is 2.31. The average Bonchev–Trinajstić information content (AvgIpc) is 2.17. The van der Waals surface area contributed by atoms with Crippen molar-refractivity contribution in [3.63, 3.8) is 0 Å². The van der Waals surface area contributed by atoms with Crippen molar-refractivity contribution in [3.05, 3.63) is 23.5 Å². The van der Waals surface area contributed by atoms with Crippen molar-refractivity contribution in [2.45, 2.75) is 6.10 Å². The highest BCUT2D eigenvalue weighted by atomic mass is 19.1. The van der Waals surface area contributed by atoms with Crippen LogP contribution < -0.4 is 4.74 Å². The summed E-state index contributed by atoms with van der Waals surface area (Å²) in [6.45, 7) is -0.592. The van der Waals surface area contributed by atoms with Crippen LogP contribution in [0.3, 0.4) is 0 Å². The molecule has 0 saturated carbocycles. The molecule has 0 amide bonds. The van der Waals surface area contributed by atoms with Crippen LogP contribution in [0.1, 0.15) is 11.7 Å². The number of methoxy groups -OCH3 is 1. The van der Waals surface area contributed by atoms with Gasteiger partial charge in [-0.05, 0) is 6.07 Å². The largest absolute Gasteiger partial charge is 0.504 e. The molecule has 0 bridgehead atoms. The molecule has 1 aromatic carbocycles. The molecular weight excluding hydrogens is 191 g/mol. The summed E-state index contributed by atoms with van der Waals surface area (Å²) in [5.74, 6) is -1.09. The molecule has 0 radical (unpaired) electrons. The molecule has 3 N–H and O–H groups in total. The Morgan fingerprint density at radius 2 is 2.14 bits per heavy atom. The Kier molecular flexibility index (Phi) is 3.27. The molecular formula is C9H11FO4. The first kappa shape index (κ1) is 10.7. The Balaban J connectivity index is 3.17. The summed E-state index contributed by atoms with van der Waals surface area (Å²) in [4.78, 5) is 0. The minimum Gasteiger partial charge on any atom is -0.504 e. The van der Waals surface area contributed by atoms with E-state index in [4.69, 9.17) is 14.9 Å². The van der Waals surface area contributed by atoms with Crippen LogP contribution in [0.4, 0.5) is 4.39 Å². The lowest BCUT2D eigenvalue weighted by Crippen LogP contribution is -2.05. The Hall–Kier alpha value is -1.33. The minimum absolute atomic E-state index is 0.0499. The Morgan fingerprint density at radius 3 is 2.64 bits per heavy atom. The van der Waals surface area contributed by atoms with E-state index in [0.29, 0.717) is 0 Å². The lowest BCUT2D eigenvalue weighted by molar-refractivity contribution is 0.0923. The summed E-state index contributed by atoms with van der Waals surface area (Å²) in [5, 5.41) is 27.0. The number of rotatable bonds is 3. The number of aliphatic hydroxyl groups excluding tert-OH is 2. The zero-order valence-corrected chi connectivity index (χ0v) is 7.57. The van der Waals surface area contributed by atoms with Gasteiger partial charge in [-0.1, -0.05) is 0 Å². The van der Waals surface area contributed by atoms with E-state index in [2.05, 4.69) is 0 Å². The Labute approximate surface area is 80.2 Å². The van der Waals surface area contributed by atoms with Crippen molar-refractivity contribution in [1.82, 2.24) is 0 Å². The fraction of sp³-hybridized carbons (Fsp3) is 0.333. The maximum atomic E-state index is 13.1. The topological polar surface area (TPSA) is 69.9 Å². The first-order valence-electron chi connectivity index (χ1n) is 3.95. The number of hydrogen-bond acceptors (Lipinski definition) is 4. The molecule has 0 aliphatic heterocycles. The summed E-state index contributed by atoms with van der Waals surface area (Å²) in [6.07, 6.45) is -1.32. The third kappa shape index (κ3) is 1.94. The third-order valence-corrected chi connectivity index (χ3v) is 1.83. The Bertz CT molecular complexity index is 327. The number of hydrogen-bond donors (Lipinski definition) is 3. The van der Waals surface area contributed by atoms with Gasteiger partial charge in [-0.25, -0.2) is 4.39 Å². The molecule has 0 spiro atoms. The van der Waals surface area contributed by atoms with E-state index in [0.717, 1.165) is 12.1 Å². The number of aromatic hydroxyl groups is 1. The van der Waals surface area contributed by atoms with Crippen molar-refractivity contribution in [3.8, 4) is 11.5 Å². The monoisotopic (exact) mass is 202 g/mol. The summed E-state index contributed by atoms with van der Waals surface area (Å²) < 4.78 is 17.8. The second-order valence-corrected chi connectivity index (χ2v) is 2.74. The standard InChI is InChI=1S/C9H11FO4/c1-14-9-2-5(8(13)4-11)6(10)3-7(9)12/h2-3,8,11-13H,4H2,1H3. The first-order valence-corrected chi connectivity index (χ1v) is 3.95. The minimum atomic E-state index is -1.32. The molecule has 0 aliphatic carbocycles. The Morgan fingerprint density at radius 1 is 1.50 bits per heavy atom. The number of ether oxygens (including phenoxy) is 1. The molecule has 0 heterocycles. The molecule has 0 aromatic heterocycles. The molecule has 1 rings (SSSR count). The van der Waals surface area contributed by atoms with Crippen molar-refractivity contribution in [1.29, 1.82) is 0 Å². The lowest BCUT2D eigenvalue weighted by atomic mass is 10.1. The molecule has 4 nitrogen and oxygen atoms in total. The van der Waals surface area contributed by atoms with Gasteiger partial charge in [-0.3, -0.25) is 0 Å². The second-order valence-electron chi connectivity index (χ2n) is 2.74. The van der Waals surface area contributed by atoms with Gasteiger partial charge in [0.2, 0.25) is 0 Å². The van der Waals surface area contributed by atoms with Gasteiger partial charge in [0.1, 0.15) is 11.9 Å². The highest BCUT2D eigenvalue weighted by molar-refractivity contribution is 5.43. The number of phenolic OH excluding ortho intramolecular Hbond substituents is 1. The van der Waals surface area contributed by atoms with Crippen LogP contribution in [0.2, 0.25) is 0 Å². The highest BCUT2D eigenvalue weighted by Gasteiger charge is 2.15. The van der Waals surface area contributed by atoms with Gasteiger partial charge in [0.15, 0.2) is 11.5 Å². The van der Waals surface area contributed by atoms with Gasteiger partial charge in [-0.2, -0.15) is 0 Å². The number of benzene rings is 1. The lowest BCUT2D eigenvalue weighted by Gasteiger charge is -2.11. The van der Waals surface area contributed by atoms with E-state index in [1.54, 1.807) is 0 Å². The zero-order valence-electron chi connectivity index (χ0n) is 7.57. The SMILES string of the molecule is COc1cc(C(O)CO)c(F)cc1O. The van der Waals surface area contributed by atoms with Gasteiger partial charge >= 0.3 is 0 Å². The van der Waals surface area contributed by atoms with E-state index < -0.39 is 18.5 Å². The van der Waals surface area contributed by atoms with Crippen molar-refractivity contribution in [2.75, 3.05) is 13.7 Å². The summed E-state index contributed by atoms with van der Waals surface area (Å²) in [5.41, 5.74) is -0.109. The van der Waals surface area contributed by atoms with Gasteiger partial charge in [0.05, 0.1) is 13.7 Å². The van der Waals surface area contributed by atoms with Gasteiger partial charge < -0.3 is 20.1 Å². The molecule has 5 heteroatoms. The van der Waals surface area contributed by atoms with Crippen LogP contribution in [0, 0.1) is 5.82 Å². The van der Waals surface area contributed by atoms with Crippen LogP contribution in [0.25, 0.3) is 0 Å². The van der Waals surface area contributed by atoms with Crippen molar-refractivity contribution >= 4 is 0 Å². The van der Waals surface area contributed by atoms with E-state index in [9.17, 15) is 9.50 Å². The first-order chi connectivity index (χ1) is 6.60. The normalized spacial score (nSPS) is 12.6. The predicted molar refractivity (Wildman–Crippen MR) is 46.7 cm³/mol. The van der Waals surface area contributed by atoms with E-state index in [-0.39, 0.29) is 17.1 Å². The van der Waals surface area contributed by atoms with Crippen LogP contribution in [-0.2, 0) is 0 Å². The molecule has 1 atom stereocenters. The van der Waals surface area contributed by atoms with Gasteiger partial charge in [0, 0.05) is 11.6 Å². The van der Waals surface area contributed by atoms with Crippen LogP contribution in [-0.4, -0.2) is 29.0 Å². The zero-order chi connectivity index (χ0) is 10.7. The third-order valence-electron chi connectivity index (χ3n) is 1.83. The molecule has 1 unspecified atom stereocenters. The fourth-order valence-electron chi connectivity index (χ4n) is 1.08. The maximum absolute atomic E-state index is 13.1. The number of aliphatic hydroxyl groups is 2. The molecule has 1 aromatic rings. The van der Waals surface area contributed by atoms with E-state index in [1.165, 1.54) is 7.11 Å². The van der Waals surface area contributed by atoms with Crippen molar-refractivity contribution in [2.24, 2.45) is 0 Å². The molecule has 0 saturated heterocycles. The van der Waals surface area contributed by atoms with Gasteiger partial charge in [-0.15, -0.1) is 0 Å². The number of halogens is 1. The van der Waals surface area contributed by atoms with E-state index >= 15 is 0 Å².